The van der Waals surface area contributed by atoms with Gasteiger partial charge in [-0.05, 0) is 11.6 Å². The molecule has 1 aliphatic heterocycles. The Kier molecular flexibility index (Phi) is 3.57. The molecule has 0 aliphatic carbocycles. The molecule has 0 bridgehead atoms. The van der Waals surface area contributed by atoms with E-state index in [1.807, 2.05) is 18.2 Å². The summed E-state index contributed by atoms with van der Waals surface area (Å²) in [5, 5.41) is 6.31. The van der Waals surface area contributed by atoms with Crippen LogP contribution in [0, 0.1) is 0 Å². The van der Waals surface area contributed by atoms with E-state index in [4.69, 9.17) is 0 Å². The number of Topliss-reactive ketones (excluding diaryl/α,β-unsaturated/α-hetero) is 1. The third-order valence-corrected chi connectivity index (χ3v) is 4.65. The van der Waals surface area contributed by atoms with E-state index in [2.05, 4.69) is 42.5 Å². The van der Waals surface area contributed by atoms with Gasteiger partial charge in [-0.1, -0.05) is 39.0 Å². The second kappa shape index (κ2) is 5.26. The highest BCUT2D eigenvalue weighted by molar-refractivity contribution is 7.09. The van der Waals surface area contributed by atoms with Crippen LogP contribution >= 0.6 is 11.3 Å². The van der Waals surface area contributed by atoms with Crippen molar-refractivity contribution >= 4 is 22.8 Å². The normalized spacial score (nSPS) is 17.4. The molecule has 1 unspecified atom stereocenters. The molecule has 0 amide bonds. The fourth-order valence-corrected chi connectivity index (χ4v) is 3.53. The van der Waals surface area contributed by atoms with Crippen LogP contribution in [0.15, 0.2) is 29.6 Å². The van der Waals surface area contributed by atoms with Crippen LogP contribution < -0.4 is 5.32 Å². The number of carbonyl (C=O) groups excluding carboxylic acids is 1. The Labute approximate surface area is 129 Å². The molecular formula is C17H20N2OS. The number of hydrogen-bond donors (Lipinski definition) is 1. The third-order valence-electron chi connectivity index (χ3n) is 3.81. The largest absolute Gasteiger partial charge is 0.375 e. The first-order chi connectivity index (χ1) is 9.93. The molecule has 1 N–H and O–H groups in total. The molecule has 2 aromatic rings. The van der Waals surface area contributed by atoms with E-state index in [1.165, 1.54) is 5.56 Å². The van der Waals surface area contributed by atoms with E-state index in [0.29, 0.717) is 6.42 Å². The Morgan fingerprint density at radius 2 is 2.14 bits per heavy atom. The van der Waals surface area contributed by atoms with Crippen molar-refractivity contribution in [2.45, 2.75) is 45.1 Å². The summed E-state index contributed by atoms with van der Waals surface area (Å²) < 4.78 is 0. The van der Waals surface area contributed by atoms with Crippen molar-refractivity contribution in [2.75, 3.05) is 5.32 Å². The van der Waals surface area contributed by atoms with Crippen LogP contribution in [0.5, 0.6) is 0 Å². The van der Waals surface area contributed by atoms with E-state index in [-0.39, 0.29) is 17.2 Å². The van der Waals surface area contributed by atoms with Gasteiger partial charge in [0.25, 0.3) is 0 Å². The van der Waals surface area contributed by atoms with Crippen molar-refractivity contribution in [1.29, 1.82) is 0 Å². The SMILES string of the molecule is CC(C)(C)c1csc(CC(=O)C2Cc3ccccc3N2)n1. The Balaban J connectivity index is 1.67. The van der Waals surface area contributed by atoms with E-state index < -0.39 is 0 Å². The fourth-order valence-electron chi connectivity index (χ4n) is 2.50. The Morgan fingerprint density at radius 3 is 2.81 bits per heavy atom. The maximum Gasteiger partial charge on any atom is 0.162 e. The van der Waals surface area contributed by atoms with E-state index in [0.717, 1.165) is 22.8 Å². The quantitative estimate of drug-likeness (QED) is 0.942. The standard InChI is InChI=1S/C17H20N2OS/c1-17(2,3)15-10-21-16(19-15)9-14(20)13-8-11-6-4-5-7-12(11)18-13/h4-7,10,13,18H,8-9H2,1-3H3. The van der Waals surface area contributed by atoms with Gasteiger partial charge in [-0.25, -0.2) is 4.98 Å². The summed E-state index contributed by atoms with van der Waals surface area (Å²) >= 11 is 1.59. The molecule has 3 nitrogen and oxygen atoms in total. The summed E-state index contributed by atoms with van der Waals surface area (Å²) in [6, 6.07) is 8.02. The lowest BCUT2D eigenvalue weighted by Gasteiger charge is -2.14. The van der Waals surface area contributed by atoms with Gasteiger partial charge in [0.2, 0.25) is 0 Å². The molecule has 0 saturated heterocycles. The summed E-state index contributed by atoms with van der Waals surface area (Å²) in [5.74, 6) is 0.223. The second-order valence-electron chi connectivity index (χ2n) is 6.58. The summed E-state index contributed by atoms with van der Waals surface area (Å²) in [7, 11) is 0. The average Bonchev–Trinajstić information content (AvgIpc) is 3.03. The molecule has 1 aromatic carbocycles. The lowest BCUT2D eigenvalue weighted by Crippen LogP contribution is -2.28. The number of fused-ring (bicyclic) bond motifs is 1. The van der Waals surface area contributed by atoms with Gasteiger partial charge in [-0.2, -0.15) is 0 Å². The van der Waals surface area contributed by atoms with Crippen molar-refractivity contribution in [3.63, 3.8) is 0 Å². The third kappa shape index (κ3) is 3.00. The van der Waals surface area contributed by atoms with Gasteiger partial charge in [-0.15, -0.1) is 11.3 Å². The van der Waals surface area contributed by atoms with Crippen LogP contribution in [0.3, 0.4) is 0 Å². The van der Waals surface area contributed by atoms with Gasteiger partial charge >= 0.3 is 0 Å². The van der Waals surface area contributed by atoms with Crippen molar-refractivity contribution in [2.24, 2.45) is 0 Å². The predicted molar refractivity (Wildman–Crippen MR) is 87.1 cm³/mol. The zero-order chi connectivity index (χ0) is 15.0. The maximum atomic E-state index is 12.4. The molecular weight excluding hydrogens is 280 g/mol. The predicted octanol–water partition coefficient (Wildman–Crippen LogP) is 3.59. The number of thiazole rings is 1. The number of nitrogens with zero attached hydrogens (tertiary/aromatic N) is 1. The molecule has 0 radical (unpaired) electrons. The summed E-state index contributed by atoms with van der Waals surface area (Å²) in [6.07, 6.45) is 1.21. The number of benzene rings is 1. The second-order valence-corrected chi connectivity index (χ2v) is 7.52. The fraction of sp³-hybridized carbons (Fsp3) is 0.412. The number of nitrogens with one attached hydrogen (secondary N) is 1. The van der Waals surface area contributed by atoms with Crippen LogP contribution in [-0.4, -0.2) is 16.8 Å². The first-order valence-electron chi connectivity index (χ1n) is 7.25. The highest BCUT2D eigenvalue weighted by atomic mass is 32.1. The van der Waals surface area contributed by atoms with Gasteiger partial charge in [0.15, 0.2) is 5.78 Å². The van der Waals surface area contributed by atoms with E-state index in [9.17, 15) is 4.79 Å². The van der Waals surface area contributed by atoms with E-state index >= 15 is 0 Å². The molecule has 1 aromatic heterocycles. The van der Waals surface area contributed by atoms with Gasteiger partial charge in [0.05, 0.1) is 18.2 Å². The number of anilines is 1. The zero-order valence-electron chi connectivity index (χ0n) is 12.6. The van der Waals surface area contributed by atoms with Gasteiger partial charge in [-0.3, -0.25) is 4.79 Å². The van der Waals surface area contributed by atoms with Crippen LogP contribution in [0.1, 0.15) is 37.0 Å². The maximum absolute atomic E-state index is 12.4. The minimum Gasteiger partial charge on any atom is -0.375 e. The molecule has 110 valence electrons. The van der Waals surface area contributed by atoms with Gasteiger partial charge in [0, 0.05) is 22.9 Å². The highest BCUT2D eigenvalue weighted by Crippen LogP contribution is 2.27. The molecule has 4 heteroatoms. The van der Waals surface area contributed by atoms with Gasteiger partial charge < -0.3 is 5.32 Å². The van der Waals surface area contributed by atoms with E-state index in [1.54, 1.807) is 11.3 Å². The number of aromatic nitrogens is 1. The van der Waals surface area contributed by atoms with Crippen molar-refractivity contribution < 1.29 is 4.79 Å². The van der Waals surface area contributed by atoms with Gasteiger partial charge in [0.1, 0.15) is 5.01 Å². The smallest absolute Gasteiger partial charge is 0.162 e. The number of hydrogen-bond acceptors (Lipinski definition) is 4. The highest BCUT2D eigenvalue weighted by Gasteiger charge is 2.27. The average molecular weight is 300 g/mol. The lowest BCUT2D eigenvalue weighted by molar-refractivity contribution is -0.119. The Morgan fingerprint density at radius 1 is 1.38 bits per heavy atom. The molecule has 2 heterocycles. The monoisotopic (exact) mass is 300 g/mol. The molecule has 1 aliphatic rings. The molecule has 21 heavy (non-hydrogen) atoms. The molecule has 0 fully saturated rings. The molecule has 0 saturated carbocycles. The lowest BCUT2D eigenvalue weighted by atomic mass is 9.93. The molecule has 1 atom stereocenters. The summed E-state index contributed by atoms with van der Waals surface area (Å²) in [5.41, 5.74) is 3.42. The number of ketones is 1. The molecule has 3 rings (SSSR count). The van der Waals surface area contributed by atoms with Crippen LogP contribution in [0.4, 0.5) is 5.69 Å². The van der Waals surface area contributed by atoms with Crippen LogP contribution in [-0.2, 0) is 23.1 Å². The first-order valence-corrected chi connectivity index (χ1v) is 8.13. The summed E-state index contributed by atoms with van der Waals surface area (Å²) in [4.78, 5) is 17.1. The van der Waals surface area contributed by atoms with Crippen molar-refractivity contribution in [3.05, 3.63) is 45.9 Å². The minimum atomic E-state index is -0.107. The van der Waals surface area contributed by atoms with Crippen molar-refractivity contribution in [3.8, 4) is 0 Å². The topological polar surface area (TPSA) is 42.0 Å². The zero-order valence-corrected chi connectivity index (χ0v) is 13.5. The van der Waals surface area contributed by atoms with Crippen molar-refractivity contribution in [1.82, 2.24) is 4.98 Å². The Hall–Kier alpha value is -1.68. The number of carbonyl (C=O) groups is 1. The van der Waals surface area contributed by atoms with Crippen LogP contribution in [0.25, 0.3) is 0 Å². The van der Waals surface area contributed by atoms with Crippen LogP contribution in [0.2, 0.25) is 0 Å². The molecule has 0 spiro atoms. The summed E-state index contributed by atoms with van der Waals surface area (Å²) in [6.45, 7) is 6.43. The number of para-hydroxylation sites is 1. The first kappa shape index (κ1) is 14.3. The minimum absolute atomic E-state index is 0.0413. The number of rotatable bonds is 3. The Bertz CT molecular complexity index is 644.